The Kier molecular flexibility index (Phi) is 3.56. The SMILES string of the molecule is Cc1nn(C)c2ncc(C(=O)N[C@@]3(C(=O)O)CCSC3)cc12. The smallest absolute Gasteiger partial charge is 0.330 e. The van der Waals surface area contributed by atoms with Crippen LogP contribution in [0.5, 0.6) is 0 Å². The van der Waals surface area contributed by atoms with Crippen molar-refractivity contribution in [3.8, 4) is 0 Å². The molecule has 1 aliphatic heterocycles. The maximum Gasteiger partial charge on any atom is 0.330 e. The number of carboxylic acids is 1. The molecule has 0 unspecified atom stereocenters. The molecule has 0 spiro atoms. The molecule has 0 radical (unpaired) electrons. The minimum absolute atomic E-state index is 0.348. The molecule has 2 aromatic heterocycles. The molecular weight excluding hydrogens is 304 g/mol. The van der Waals surface area contributed by atoms with Gasteiger partial charge in [0.25, 0.3) is 5.91 Å². The molecule has 1 saturated heterocycles. The summed E-state index contributed by atoms with van der Waals surface area (Å²) in [5.74, 6) is -0.290. The maximum absolute atomic E-state index is 12.4. The molecule has 2 N–H and O–H groups in total. The Bertz CT molecular complexity index is 765. The minimum Gasteiger partial charge on any atom is -0.479 e. The Balaban J connectivity index is 1.92. The Morgan fingerprint density at radius 2 is 2.27 bits per heavy atom. The van der Waals surface area contributed by atoms with E-state index >= 15 is 0 Å². The molecule has 0 aromatic carbocycles. The zero-order valence-corrected chi connectivity index (χ0v) is 13.1. The number of rotatable bonds is 3. The van der Waals surface area contributed by atoms with Crippen LogP contribution in [0.4, 0.5) is 0 Å². The van der Waals surface area contributed by atoms with E-state index in [-0.39, 0.29) is 0 Å². The number of hydrogen-bond acceptors (Lipinski definition) is 5. The number of aliphatic carboxylic acids is 1. The highest BCUT2D eigenvalue weighted by molar-refractivity contribution is 7.99. The maximum atomic E-state index is 12.4. The predicted octanol–water partition coefficient (Wildman–Crippen LogP) is 0.967. The van der Waals surface area contributed by atoms with Gasteiger partial charge in [-0.3, -0.25) is 9.48 Å². The number of fused-ring (bicyclic) bond motifs is 1. The molecular formula is C14H16N4O3S. The fourth-order valence-electron chi connectivity index (χ4n) is 2.61. The van der Waals surface area contributed by atoms with E-state index in [0.717, 1.165) is 16.8 Å². The summed E-state index contributed by atoms with van der Waals surface area (Å²) in [4.78, 5) is 28.2. The first-order valence-corrected chi connectivity index (χ1v) is 8.01. The highest BCUT2D eigenvalue weighted by atomic mass is 32.2. The summed E-state index contributed by atoms with van der Waals surface area (Å²) in [5, 5.41) is 17.1. The molecule has 1 fully saturated rings. The number of thioether (sulfide) groups is 1. The van der Waals surface area contributed by atoms with Crippen molar-refractivity contribution in [3.05, 3.63) is 23.5 Å². The van der Waals surface area contributed by atoms with Gasteiger partial charge in [0.1, 0.15) is 5.54 Å². The van der Waals surface area contributed by atoms with E-state index in [1.54, 1.807) is 17.8 Å². The van der Waals surface area contributed by atoms with Crippen LogP contribution in [0, 0.1) is 6.92 Å². The Morgan fingerprint density at radius 1 is 1.50 bits per heavy atom. The second-order valence-electron chi connectivity index (χ2n) is 5.45. The number of hydrogen-bond donors (Lipinski definition) is 2. The van der Waals surface area contributed by atoms with Crippen LogP contribution < -0.4 is 5.32 Å². The summed E-state index contributed by atoms with van der Waals surface area (Å²) >= 11 is 1.53. The number of carbonyl (C=O) groups is 2. The van der Waals surface area contributed by atoms with Crippen LogP contribution in [0.1, 0.15) is 22.5 Å². The van der Waals surface area contributed by atoms with Gasteiger partial charge in [0, 0.05) is 24.4 Å². The standard InChI is InChI=1S/C14H16N4O3S/c1-8-10-5-9(6-15-11(10)18(2)17-8)12(19)16-14(13(20)21)3-4-22-7-14/h5-6H,3-4,7H2,1-2H3,(H,16,19)(H,20,21)/t14-/m0/s1. The van der Waals surface area contributed by atoms with Gasteiger partial charge in [-0.15, -0.1) is 0 Å². The molecule has 1 amide bonds. The highest BCUT2D eigenvalue weighted by Gasteiger charge is 2.43. The van der Waals surface area contributed by atoms with Crippen molar-refractivity contribution in [3.63, 3.8) is 0 Å². The second-order valence-corrected chi connectivity index (χ2v) is 6.55. The molecule has 8 heteroatoms. The molecule has 22 heavy (non-hydrogen) atoms. The fraction of sp³-hybridized carbons (Fsp3) is 0.429. The third-order valence-corrected chi connectivity index (χ3v) is 5.10. The summed E-state index contributed by atoms with van der Waals surface area (Å²) in [5.41, 5.74) is 0.643. The van der Waals surface area contributed by atoms with Gasteiger partial charge in [0.2, 0.25) is 0 Å². The average molecular weight is 320 g/mol. The van der Waals surface area contributed by atoms with Gasteiger partial charge in [-0.1, -0.05) is 0 Å². The summed E-state index contributed by atoms with van der Waals surface area (Å²) in [6.45, 7) is 1.85. The molecule has 1 atom stereocenters. The Morgan fingerprint density at radius 3 is 2.91 bits per heavy atom. The van der Waals surface area contributed by atoms with Gasteiger partial charge in [-0.2, -0.15) is 16.9 Å². The number of nitrogens with one attached hydrogen (secondary N) is 1. The first-order chi connectivity index (χ1) is 10.4. The second kappa shape index (κ2) is 5.28. The molecule has 7 nitrogen and oxygen atoms in total. The van der Waals surface area contributed by atoms with E-state index in [0.29, 0.717) is 23.4 Å². The predicted molar refractivity (Wildman–Crippen MR) is 83.0 cm³/mol. The van der Waals surface area contributed by atoms with Crippen LogP contribution in [0.2, 0.25) is 0 Å². The molecule has 116 valence electrons. The normalized spacial score (nSPS) is 21.2. The van der Waals surface area contributed by atoms with Crippen molar-refractivity contribution in [2.24, 2.45) is 7.05 Å². The lowest BCUT2D eigenvalue weighted by molar-refractivity contribution is -0.143. The quantitative estimate of drug-likeness (QED) is 0.874. The van der Waals surface area contributed by atoms with E-state index in [4.69, 9.17) is 0 Å². The number of amides is 1. The fourth-order valence-corrected chi connectivity index (χ4v) is 3.93. The largest absolute Gasteiger partial charge is 0.479 e. The van der Waals surface area contributed by atoms with Crippen LogP contribution in [-0.4, -0.2) is 48.8 Å². The van der Waals surface area contributed by atoms with Crippen LogP contribution in [0.3, 0.4) is 0 Å². The van der Waals surface area contributed by atoms with Gasteiger partial charge in [0.15, 0.2) is 5.65 Å². The third-order valence-electron chi connectivity index (χ3n) is 3.91. The van der Waals surface area contributed by atoms with Gasteiger partial charge in [-0.05, 0) is 25.2 Å². The van der Waals surface area contributed by atoms with Crippen molar-refractivity contribution in [2.45, 2.75) is 18.9 Å². The first-order valence-electron chi connectivity index (χ1n) is 6.86. The number of pyridine rings is 1. The topological polar surface area (TPSA) is 97.1 Å². The van der Waals surface area contributed by atoms with Gasteiger partial charge in [-0.25, -0.2) is 9.78 Å². The van der Waals surface area contributed by atoms with Crippen molar-refractivity contribution in [1.29, 1.82) is 0 Å². The van der Waals surface area contributed by atoms with E-state index in [2.05, 4.69) is 15.4 Å². The summed E-state index contributed by atoms with van der Waals surface area (Å²) < 4.78 is 1.65. The first kappa shape index (κ1) is 14.8. The Labute approximate surface area is 131 Å². The molecule has 0 aliphatic carbocycles. The third kappa shape index (κ3) is 2.33. The molecule has 3 rings (SSSR count). The van der Waals surface area contributed by atoms with Crippen LogP contribution in [0.25, 0.3) is 11.0 Å². The Hall–Kier alpha value is -2.09. The van der Waals surface area contributed by atoms with E-state index < -0.39 is 17.4 Å². The zero-order valence-electron chi connectivity index (χ0n) is 12.3. The lowest BCUT2D eigenvalue weighted by Crippen LogP contribution is -2.54. The summed E-state index contributed by atoms with van der Waals surface area (Å²) in [6, 6.07) is 1.71. The minimum atomic E-state index is -1.18. The molecule has 3 heterocycles. The number of carboxylic acid groups (broad SMARTS) is 1. The van der Waals surface area contributed by atoms with Crippen molar-refractivity contribution in [1.82, 2.24) is 20.1 Å². The lowest BCUT2D eigenvalue weighted by Gasteiger charge is -2.24. The molecule has 0 saturated carbocycles. The number of aromatic nitrogens is 3. The van der Waals surface area contributed by atoms with Crippen molar-refractivity contribution >= 4 is 34.7 Å². The van der Waals surface area contributed by atoms with Crippen molar-refractivity contribution in [2.75, 3.05) is 11.5 Å². The van der Waals surface area contributed by atoms with Gasteiger partial charge < -0.3 is 10.4 Å². The van der Waals surface area contributed by atoms with Gasteiger partial charge >= 0.3 is 5.97 Å². The molecule has 2 aromatic rings. The number of carbonyl (C=O) groups excluding carboxylic acids is 1. The van der Waals surface area contributed by atoms with Crippen LogP contribution in [0.15, 0.2) is 12.3 Å². The number of aryl methyl sites for hydroxylation is 2. The van der Waals surface area contributed by atoms with E-state index in [1.807, 2.05) is 6.92 Å². The van der Waals surface area contributed by atoms with E-state index in [1.165, 1.54) is 18.0 Å². The average Bonchev–Trinajstić information content (AvgIpc) is 3.06. The number of nitrogens with zero attached hydrogens (tertiary/aromatic N) is 3. The lowest BCUT2D eigenvalue weighted by atomic mass is 9.98. The monoisotopic (exact) mass is 320 g/mol. The summed E-state index contributed by atoms with van der Waals surface area (Å²) in [6.07, 6.45) is 1.89. The molecule has 0 bridgehead atoms. The van der Waals surface area contributed by atoms with Crippen LogP contribution in [-0.2, 0) is 11.8 Å². The highest BCUT2D eigenvalue weighted by Crippen LogP contribution is 2.28. The zero-order chi connectivity index (χ0) is 15.9. The summed E-state index contributed by atoms with van der Waals surface area (Å²) in [7, 11) is 1.79. The van der Waals surface area contributed by atoms with Crippen molar-refractivity contribution < 1.29 is 14.7 Å². The van der Waals surface area contributed by atoms with Gasteiger partial charge in [0.05, 0.1) is 11.3 Å². The van der Waals surface area contributed by atoms with E-state index in [9.17, 15) is 14.7 Å². The molecule has 1 aliphatic rings. The van der Waals surface area contributed by atoms with Crippen LogP contribution >= 0.6 is 11.8 Å².